The minimum atomic E-state index is -0.708. The Morgan fingerprint density at radius 3 is 2.68 bits per heavy atom. The summed E-state index contributed by atoms with van der Waals surface area (Å²) in [6.07, 6.45) is 4.68. The van der Waals surface area contributed by atoms with Crippen molar-refractivity contribution in [2.75, 3.05) is 20.3 Å². The van der Waals surface area contributed by atoms with Crippen molar-refractivity contribution in [1.82, 2.24) is 41.3 Å². The molecule has 1 amide bonds. The molecule has 0 saturated carbocycles. The van der Waals surface area contributed by atoms with Gasteiger partial charge in [-0.2, -0.15) is 0 Å². The lowest BCUT2D eigenvalue weighted by molar-refractivity contribution is -0.155. The van der Waals surface area contributed by atoms with Crippen LogP contribution in [0.3, 0.4) is 0 Å². The summed E-state index contributed by atoms with van der Waals surface area (Å²) in [5, 5.41) is 15.9. The number of pyridine rings is 1. The number of hydrogen-bond acceptors (Lipinski definition) is 11. The van der Waals surface area contributed by atoms with E-state index in [1.165, 1.54) is 11.3 Å². The number of aromatic amines is 1. The number of aromatic nitrogens is 3. The molecule has 5 N–H and O–H groups in total. The Bertz CT molecular complexity index is 2090. The van der Waals surface area contributed by atoms with Crippen molar-refractivity contribution in [2.24, 2.45) is 11.3 Å². The van der Waals surface area contributed by atoms with Crippen LogP contribution < -0.4 is 21.4 Å². The van der Waals surface area contributed by atoms with E-state index in [0.29, 0.717) is 43.7 Å². The third-order valence-corrected chi connectivity index (χ3v) is 11.9. The van der Waals surface area contributed by atoms with Gasteiger partial charge in [0, 0.05) is 70.8 Å². The summed E-state index contributed by atoms with van der Waals surface area (Å²) in [6.45, 7) is 23.9. The maximum Gasteiger partial charge on any atom is 0.324 e. The van der Waals surface area contributed by atoms with E-state index >= 15 is 0 Å². The molecule has 306 valence electrons. The van der Waals surface area contributed by atoms with Crippen LogP contribution in [-0.2, 0) is 31.9 Å². The predicted octanol–water partition coefficient (Wildman–Crippen LogP) is 7.17. The summed E-state index contributed by atoms with van der Waals surface area (Å²) in [5.74, 6) is 0.282. The molecule has 6 bridgehead atoms. The molecule has 1 aromatic carbocycles. The minimum Gasteiger partial charge on any atom is -0.464 e. The smallest absolute Gasteiger partial charge is 0.324 e. The molecular weight excluding hydrogens is 737 g/mol. The quantitative estimate of drug-likeness (QED) is 0.0937. The number of methoxy groups -OCH3 is 1. The van der Waals surface area contributed by atoms with E-state index in [1.807, 2.05) is 13.0 Å². The summed E-state index contributed by atoms with van der Waals surface area (Å²) in [5.41, 5.74) is 10.1. The molecule has 2 aliphatic heterocycles. The van der Waals surface area contributed by atoms with Crippen LogP contribution in [0.2, 0.25) is 0 Å². The number of hydrazine groups is 1. The molecular formula is C44H60N8O4S. The number of rotatable bonds is 12. The first-order valence-electron chi connectivity index (χ1n) is 20.2. The summed E-state index contributed by atoms with van der Waals surface area (Å²) >= 11 is 1.53. The van der Waals surface area contributed by atoms with Gasteiger partial charge < -0.3 is 30.4 Å². The summed E-state index contributed by atoms with van der Waals surface area (Å²) in [7, 11) is 1.69. The van der Waals surface area contributed by atoms with Gasteiger partial charge in [0.1, 0.15) is 12.1 Å². The van der Waals surface area contributed by atoms with Gasteiger partial charge in [-0.3, -0.25) is 19.6 Å². The molecule has 0 spiro atoms. The van der Waals surface area contributed by atoms with E-state index in [1.54, 1.807) is 18.3 Å². The first kappa shape index (κ1) is 41.9. The standard InChI is InChI=1S/C44H60N8O4S/c1-11-26(4)46-29(7)48-39(25(2)3)27(5)47-36-21-38-49-37(23-57-38)30-16-17-34-32(20-30)33(41(50-34)31-14-12-18-45-40(31)28(6)55-10)22-44(8,9)24-56-43(54)35-15-13-19-52(51-35)42(36)53/h12,14,16-18,20,23,25-26,28,35-36,39,46-48,50-51H,5,7,11,13,15,19,21-22,24H2,1-4,6,8-10H3/t26-,28+,35+,36+,39+/m1/s1. The maximum absolute atomic E-state index is 14.5. The van der Waals surface area contributed by atoms with Gasteiger partial charge in [-0.25, -0.2) is 10.4 Å². The zero-order valence-electron chi connectivity index (χ0n) is 34.8. The van der Waals surface area contributed by atoms with E-state index in [4.69, 9.17) is 19.4 Å². The number of carbonyl (C=O) groups excluding carboxylic acids is 2. The van der Waals surface area contributed by atoms with Crippen molar-refractivity contribution in [3.8, 4) is 22.5 Å². The lowest BCUT2D eigenvalue weighted by Gasteiger charge is -2.37. The Labute approximate surface area is 341 Å². The monoisotopic (exact) mass is 796 g/mol. The van der Waals surface area contributed by atoms with Gasteiger partial charge in [-0.05, 0) is 75.3 Å². The normalized spacial score (nSPS) is 20.3. The average Bonchev–Trinajstić information content (AvgIpc) is 3.81. The number of amides is 1. The second-order valence-electron chi connectivity index (χ2n) is 16.7. The lowest BCUT2D eigenvalue weighted by atomic mass is 9.84. The van der Waals surface area contributed by atoms with E-state index < -0.39 is 17.5 Å². The molecule has 4 aromatic rings. The van der Waals surface area contributed by atoms with Crippen molar-refractivity contribution < 1.29 is 19.1 Å². The molecule has 57 heavy (non-hydrogen) atoms. The highest BCUT2D eigenvalue weighted by Gasteiger charge is 2.35. The Kier molecular flexibility index (Phi) is 13.1. The largest absolute Gasteiger partial charge is 0.464 e. The van der Waals surface area contributed by atoms with Crippen LogP contribution in [0.4, 0.5) is 0 Å². The van der Waals surface area contributed by atoms with Crippen LogP contribution >= 0.6 is 11.3 Å². The predicted molar refractivity (Wildman–Crippen MR) is 228 cm³/mol. The topological polar surface area (TPSA) is 146 Å². The molecule has 2 aliphatic rings. The molecule has 1 saturated heterocycles. The van der Waals surface area contributed by atoms with Gasteiger partial charge in [-0.1, -0.05) is 53.8 Å². The fraction of sp³-hybridized carbons (Fsp3) is 0.500. The van der Waals surface area contributed by atoms with Gasteiger partial charge >= 0.3 is 5.97 Å². The van der Waals surface area contributed by atoms with Gasteiger partial charge in [0.2, 0.25) is 0 Å². The number of hydrogen-bond donors (Lipinski definition) is 5. The van der Waals surface area contributed by atoms with Gasteiger partial charge in [-0.15, -0.1) is 11.3 Å². The number of benzene rings is 1. The number of carbonyl (C=O) groups is 2. The second-order valence-corrected chi connectivity index (χ2v) is 17.6. The molecule has 1 fully saturated rings. The molecule has 5 atom stereocenters. The van der Waals surface area contributed by atoms with E-state index in [9.17, 15) is 9.59 Å². The fourth-order valence-corrected chi connectivity index (χ4v) is 8.45. The number of esters is 1. The van der Waals surface area contributed by atoms with Crippen LogP contribution in [0.25, 0.3) is 33.4 Å². The SMILES string of the molecule is C=C(N[C@H](C)CC)N[C@H](C(=C)N[C@H]1Cc2nc(cs2)-c2ccc3[nH]c(-c4cccnc4[C@H](C)OC)c(c3c2)CC(C)(C)COC(=O)[C@@H]2CCCN(N2)C1=O)C(C)C. The van der Waals surface area contributed by atoms with Crippen LogP contribution in [0, 0.1) is 11.3 Å². The third kappa shape index (κ3) is 9.70. The zero-order valence-corrected chi connectivity index (χ0v) is 35.6. The van der Waals surface area contributed by atoms with Crippen LogP contribution in [0.5, 0.6) is 0 Å². The highest BCUT2D eigenvalue weighted by atomic mass is 32.1. The Hall–Kier alpha value is -4.72. The molecule has 0 aliphatic carbocycles. The van der Waals surface area contributed by atoms with Crippen molar-refractivity contribution >= 4 is 34.1 Å². The summed E-state index contributed by atoms with van der Waals surface area (Å²) < 4.78 is 11.8. The summed E-state index contributed by atoms with van der Waals surface area (Å²) in [4.78, 5) is 41.8. The number of fused-ring (bicyclic) bond motifs is 6. The summed E-state index contributed by atoms with van der Waals surface area (Å²) in [6, 6.07) is 9.05. The Balaban J connectivity index is 1.40. The van der Waals surface area contributed by atoms with Crippen molar-refractivity contribution in [1.29, 1.82) is 0 Å². The first-order chi connectivity index (χ1) is 27.2. The zero-order chi connectivity index (χ0) is 41.0. The molecule has 0 radical (unpaired) electrons. The highest BCUT2D eigenvalue weighted by Crippen LogP contribution is 2.39. The van der Waals surface area contributed by atoms with Gasteiger partial charge in [0.05, 0.1) is 46.7 Å². The van der Waals surface area contributed by atoms with E-state index in [2.05, 4.69) is 111 Å². The maximum atomic E-state index is 14.5. The number of ether oxygens (including phenoxy) is 2. The number of H-pyrrole nitrogens is 1. The fourth-order valence-electron chi connectivity index (χ4n) is 7.60. The number of nitrogens with zero attached hydrogens (tertiary/aromatic N) is 3. The average molecular weight is 797 g/mol. The third-order valence-electron chi connectivity index (χ3n) is 11.0. The number of cyclic esters (lactones) is 1. The van der Waals surface area contributed by atoms with E-state index in [-0.39, 0.29) is 42.6 Å². The minimum absolute atomic E-state index is 0.139. The first-order valence-corrected chi connectivity index (χ1v) is 21.0. The molecule has 6 rings (SSSR count). The lowest BCUT2D eigenvalue weighted by Crippen LogP contribution is -2.60. The van der Waals surface area contributed by atoms with Crippen molar-refractivity contribution in [2.45, 2.75) is 111 Å². The second kappa shape index (κ2) is 17.8. The molecule has 0 unspecified atom stereocenters. The van der Waals surface area contributed by atoms with Crippen molar-refractivity contribution in [3.63, 3.8) is 0 Å². The van der Waals surface area contributed by atoms with Crippen LogP contribution in [0.15, 0.2) is 66.6 Å². The van der Waals surface area contributed by atoms with E-state index in [0.717, 1.165) is 56.1 Å². The van der Waals surface area contributed by atoms with Crippen molar-refractivity contribution in [3.05, 3.63) is 82.8 Å². The van der Waals surface area contributed by atoms with Crippen LogP contribution in [0.1, 0.15) is 90.1 Å². The molecule has 12 nitrogen and oxygen atoms in total. The van der Waals surface area contributed by atoms with Crippen LogP contribution in [-0.4, -0.2) is 76.3 Å². The Morgan fingerprint density at radius 1 is 1.16 bits per heavy atom. The number of thiazole rings is 1. The van der Waals surface area contributed by atoms with Gasteiger partial charge in [0.15, 0.2) is 0 Å². The number of nitrogens with one attached hydrogen (secondary N) is 5. The highest BCUT2D eigenvalue weighted by molar-refractivity contribution is 7.10. The molecule has 13 heteroatoms. The molecule has 3 aromatic heterocycles. The molecule has 5 heterocycles. The Morgan fingerprint density at radius 2 is 1.95 bits per heavy atom. The van der Waals surface area contributed by atoms with Gasteiger partial charge in [0.25, 0.3) is 5.91 Å².